The van der Waals surface area contributed by atoms with E-state index in [1.165, 1.54) is 6.20 Å². The SMILES string of the molecule is CCOC(=O)c1cnc2cc(OC)ccc2c1OCC(N)=O. The zero-order valence-corrected chi connectivity index (χ0v) is 12.3. The molecule has 0 aliphatic carbocycles. The first kappa shape index (κ1) is 15.6. The second-order valence-electron chi connectivity index (χ2n) is 4.36. The Kier molecular flexibility index (Phi) is 4.77. The second-order valence-corrected chi connectivity index (χ2v) is 4.36. The predicted molar refractivity (Wildman–Crippen MR) is 78.9 cm³/mol. The number of nitrogens with zero attached hydrogens (tertiary/aromatic N) is 1. The molecule has 7 heteroatoms. The van der Waals surface area contributed by atoms with Crippen molar-refractivity contribution in [2.24, 2.45) is 5.73 Å². The highest BCUT2D eigenvalue weighted by molar-refractivity contribution is 6.00. The van der Waals surface area contributed by atoms with Gasteiger partial charge < -0.3 is 19.9 Å². The van der Waals surface area contributed by atoms with Crippen LogP contribution in [0.15, 0.2) is 24.4 Å². The summed E-state index contributed by atoms with van der Waals surface area (Å²) in [5.74, 6) is -0.393. The number of primary amides is 1. The van der Waals surface area contributed by atoms with E-state index in [1.54, 1.807) is 32.2 Å². The van der Waals surface area contributed by atoms with E-state index in [9.17, 15) is 9.59 Å². The molecule has 0 bridgehead atoms. The number of ether oxygens (including phenoxy) is 3. The Morgan fingerprint density at radius 3 is 2.73 bits per heavy atom. The number of aromatic nitrogens is 1. The molecule has 1 heterocycles. The van der Waals surface area contributed by atoms with Gasteiger partial charge in [0.05, 0.1) is 19.2 Å². The number of rotatable bonds is 6. The quantitative estimate of drug-likeness (QED) is 0.807. The Balaban J connectivity index is 2.55. The van der Waals surface area contributed by atoms with E-state index in [0.717, 1.165) is 0 Å². The third-order valence-electron chi connectivity index (χ3n) is 2.88. The first-order chi connectivity index (χ1) is 10.6. The lowest BCUT2D eigenvalue weighted by atomic mass is 10.1. The zero-order valence-electron chi connectivity index (χ0n) is 12.3. The molecule has 0 aliphatic heterocycles. The molecule has 7 nitrogen and oxygen atoms in total. The summed E-state index contributed by atoms with van der Waals surface area (Å²) in [6, 6.07) is 5.09. The summed E-state index contributed by atoms with van der Waals surface area (Å²) in [6.07, 6.45) is 1.34. The van der Waals surface area contributed by atoms with Crippen LogP contribution in [0, 0.1) is 0 Å². The summed E-state index contributed by atoms with van der Waals surface area (Å²) in [5.41, 5.74) is 5.80. The normalized spacial score (nSPS) is 10.3. The highest BCUT2D eigenvalue weighted by Crippen LogP contribution is 2.31. The molecule has 0 spiro atoms. The van der Waals surface area contributed by atoms with Gasteiger partial charge >= 0.3 is 5.97 Å². The predicted octanol–water partition coefficient (Wildman–Crippen LogP) is 1.28. The van der Waals surface area contributed by atoms with Crippen LogP contribution in [0.25, 0.3) is 10.9 Å². The fourth-order valence-electron chi connectivity index (χ4n) is 1.93. The van der Waals surface area contributed by atoms with Crippen molar-refractivity contribution < 1.29 is 23.8 Å². The molecule has 1 amide bonds. The lowest BCUT2D eigenvalue weighted by Crippen LogP contribution is -2.21. The smallest absolute Gasteiger partial charge is 0.343 e. The molecule has 1 aromatic carbocycles. The number of pyridine rings is 1. The maximum absolute atomic E-state index is 12.0. The van der Waals surface area contributed by atoms with Gasteiger partial charge in [0, 0.05) is 17.6 Å². The highest BCUT2D eigenvalue weighted by Gasteiger charge is 2.19. The monoisotopic (exact) mass is 304 g/mol. The molecule has 1 aromatic heterocycles. The number of benzene rings is 1. The molecule has 0 aliphatic rings. The van der Waals surface area contributed by atoms with Gasteiger partial charge in [-0.05, 0) is 19.1 Å². The van der Waals surface area contributed by atoms with Crippen LogP contribution in [0.1, 0.15) is 17.3 Å². The van der Waals surface area contributed by atoms with Crippen LogP contribution in [-0.2, 0) is 9.53 Å². The maximum atomic E-state index is 12.0. The molecule has 0 atom stereocenters. The van der Waals surface area contributed by atoms with Crippen LogP contribution in [0.2, 0.25) is 0 Å². The summed E-state index contributed by atoms with van der Waals surface area (Å²) < 4.78 is 15.5. The summed E-state index contributed by atoms with van der Waals surface area (Å²) in [7, 11) is 1.54. The van der Waals surface area contributed by atoms with E-state index in [4.69, 9.17) is 19.9 Å². The van der Waals surface area contributed by atoms with E-state index < -0.39 is 11.9 Å². The maximum Gasteiger partial charge on any atom is 0.343 e. The summed E-state index contributed by atoms with van der Waals surface area (Å²) in [5, 5.41) is 0.563. The number of nitrogens with two attached hydrogens (primary N) is 1. The van der Waals surface area contributed by atoms with Crippen molar-refractivity contribution in [3.05, 3.63) is 30.0 Å². The van der Waals surface area contributed by atoms with Crippen molar-refractivity contribution in [1.82, 2.24) is 4.98 Å². The molecule has 116 valence electrons. The number of esters is 1. The molecule has 2 aromatic rings. The van der Waals surface area contributed by atoms with Crippen LogP contribution in [0.3, 0.4) is 0 Å². The number of carbonyl (C=O) groups excluding carboxylic acids is 2. The van der Waals surface area contributed by atoms with E-state index in [-0.39, 0.29) is 24.5 Å². The molecule has 2 N–H and O–H groups in total. The van der Waals surface area contributed by atoms with Crippen LogP contribution in [0.5, 0.6) is 11.5 Å². The van der Waals surface area contributed by atoms with Gasteiger partial charge in [0.15, 0.2) is 6.61 Å². The van der Waals surface area contributed by atoms with Crippen LogP contribution in [-0.4, -0.2) is 37.2 Å². The van der Waals surface area contributed by atoms with Crippen molar-refractivity contribution in [3.63, 3.8) is 0 Å². The minimum atomic E-state index is -0.645. The number of fused-ring (bicyclic) bond motifs is 1. The van der Waals surface area contributed by atoms with E-state index in [2.05, 4.69) is 4.98 Å². The largest absolute Gasteiger partial charge is 0.497 e. The van der Waals surface area contributed by atoms with E-state index >= 15 is 0 Å². The molecular weight excluding hydrogens is 288 g/mol. The Hall–Kier alpha value is -2.83. The van der Waals surface area contributed by atoms with E-state index in [1.807, 2.05) is 0 Å². The van der Waals surface area contributed by atoms with Gasteiger partial charge in [-0.3, -0.25) is 9.78 Å². The third-order valence-corrected chi connectivity index (χ3v) is 2.88. The van der Waals surface area contributed by atoms with Gasteiger partial charge in [0.1, 0.15) is 17.1 Å². The summed E-state index contributed by atoms with van der Waals surface area (Å²) in [6.45, 7) is 1.56. The molecule has 0 unspecified atom stereocenters. The van der Waals surface area contributed by atoms with Gasteiger partial charge in [-0.2, -0.15) is 0 Å². The Bertz CT molecular complexity index is 714. The van der Waals surface area contributed by atoms with Gasteiger partial charge in [0.25, 0.3) is 5.91 Å². The number of hydrogen-bond acceptors (Lipinski definition) is 6. The average Bonchev–Trinajstić information content (AvgIpc) is 2.51. The first-order valence-electron chi connectivity index (χ1n) is 6.61. The van der Waals surface area contributed by atoms with Crippen molar-refractivity contribution in [3.8, 4) is 11.5 Å². The Labute approximate surface area is 127 Å². The molecule has 0 saturated heterocycles. The molecule has 2 rings (SSSR count). The standard InChI is InChI=1S/C15H16N2O5/c1-3-21-15(19)11-7-17-12-6-9(20-2)4-5-10(12)14(11)22-8-13(16)18/h4-7H,3,8H2,1-2H3,(H2,16,18). The summed E-state index contributed by atoms with van der Waals surface area (Å²) in [4.78, 5) is 27.2. The number of methoxy groups -OCH3 is 1. The molecule has 22 heavy (non-hydrogen) atoms. The molecule has 0 saturated carbocycles. The lowest BCUT2D eigenvalue weighted by molar-refractivity contribution is -0.119. The second kappa shape index (κ2) is 6.75. The lowest BCUT2D eigenvalue weighted by Gasteiger charge is -2.12. The van der Waals surface area contributed by atoms with Gasteiger partial charge in [-0.1, -0.05) is 0 Å². The fraction of sp³-hybridized carbons (Fsp3) is 0.267. The third kappa shape index (κ3) is 3.25. The minimum absolute atomic E-state index is 0.140. The molecular formula is C15H16N2O5. The minimum Gasteiger partial charge on any atom is -0.497 e. The van der Waals surface area contributed by atoms with Crippen molar-refractivity contribution in [2.45, 2.75) is 6.92 Å². The van der Waals surface area contributed by atoms with Crippen molar-refractivity contribution >= 4 is 22.8 Å². The zero-order chi connectivity index (χ0) is 16.1. The van der Waals surface area contributed by atoms with Crippen LogP contribution >= 0.6 is 0 Å². The molecule has 0 fully saturated rings. The topological polar surface area (TPSA) is 101 Å². The van der Waals surface area contributed by atoms with Gasteiger partial charge in [-0.25, -0.2) is 4.79 Å². The summed E-state index contributed by atoms with van der Waals surface area (Å²) >= 11 is 0. The van der Waals surface area contributed by atoms with Crippen molar-refractivity contribution in [1.29, 1.82) is 0 Å². The number of carbonyl (C=O) groups is 2. The van der Waals surface area contributed by atoms with Crippen molar-refractivity contribution in [2.75, 3.05) is 20.3 Å². The van der Waals surface area contributed by atoms with E-state index in [0.29, 0.717) is 16.7 Å². The first-order valence-corrected chi connectivity index (χ1v) is 6.61. The Morgan fingerprint density at radius 1 is 1.32 bits per heavy atom. The van der Waals surface area contributed by atoms with Crippen LogP contribution in [0.4, 0.5) is 0 Å². The van der Waals surface area contributed by atoms with Crippen LogP contribution < -0.4 is 15.2 Å². The number of amides is 1. The highest BCUT2D eigenvalue weighted by atomic mass is 16.5. The fourth-order valence-corrected chi connectivity index (χ4v) is 1.93. The van der Waals surface area contributed by atoms with Gasteiger partial charge in [0.2, 0.25) is 0 Å². The molecule has 0 radical (unpaired) electrons. The van der Waals surface area contributed by atoms with Gasteiger partial charge in [-0.15, -0.1) is 0 Å². The Morgan fingerprint density at radius 2 is 2.09 bits per heavy atom. The average molecular weight is 304 g/mol. The number of hydrogen-bond donors (Lipinski definition) is 1.